The van der Waals surface area contributed by atoms with E-state index in [9.17, 15) is 0 Å². The third-order valence-corrected chi connectivity index (χ3v) is 3.13. The lowest BCUT2D eigenvalue weighted by molar-refractivity contribution is 0.277. The molecule has 1 saturated carbocycles. The third-order valence-electron chi connectivity index (χ3n) is 3.13. The summed E-state index contributed by atoms with van der Waals surface area (Å²) in [5.41, 5.74) is 0.739. The minimum atomic E-state index is 0.0154. The number of nitrogens with zero attached hydrogens (tertiary/aromatic N) is 2. The highest BCUT2D eigenvalue weighted by molar-refractivity contribution is 5.38. The average molecular weight is 206 g/mol. The molecular formula is C12H18N2O. The Hall–Kier alpha value is -1.09. The molecule has 0 spiro atoms. The van der Waals surface area contributed by atoms with Gasteiger partial charge in [-0.05, 0) is 30.4 Å². The van der Waals surface area contributed by atoms with Crippen molar-refractivity contribution in [3.05, 3.63) is 23.9 Å². The van der Waals surface area contributed by atoms with Crippen molar-refractivity contribution in [2.24, 2.45) is 11.8 Å². The van der Waals surface area contributed by atoms with Crippen molar-refractivity contribution >= 4 is 5.82 Å². The fraction of sp³-hybridized carbons (Fsp3) is 0.583. The van der Waals surface area contributed by atoms with Crippen LogP contribution in [-0.4, -0.2) is 23.7 Å². The minimum absolute atomic E-state index is 0.0154. The number of aliphatic hydroxyl groups is 1. The smallest absolute Gasteiger partial charge is 0.128 e. The van der Waals surface area contributed by atoms with Crippen molar-refractivity contribution in [2.75, 3.05) is 18.5 Å². The Morgan fingerprint density at radius 3 is 2.87 bits per heavy atom. The van der Waals surface area contributed by atoms with Crippen molar-refractivity contribution in [1.82, 2.24) is 4.98 Å². The van der Waals surface area contributed by atoms with Gasteiger partial charge in [-0.2, -0.15) is 0 Å². The molecule has 15 heavy (non-hydrogen) atoms. The van der Waals surface area contributed by atoms with Gasteiger partial charge in [-0.25, -0.2) is 4.98 Å². The van der Waals surface area contributed by atoms with Crippen LogP contribution in [0.5, 0.6) is 0 Å². The van der Waals surface area contributed by atoms with E-state index in [1.807, 2.05) is 18.2 Å². The van der Waals surface area contributed by atoms with Gasteiger partial charge in [0.25, 0.3) is 0 Å². The molecule has 3 nitrogen and oxygen atoms in total. The molecule has 1 aromatic heterocycles. The molecule has 82 valence electrons. The first kappa shape index (κ1) is 10.4. The molecule has 2 unspecified atom stereocenters. The Kier molecular flexibility index (Phi) is 2.91. The monoisotopic (exact) mass is 206 g/mol. The molecule has 0 amide bonds. The maximum atomic E-state index is 9.00. The molecule has 1 heterocycles. The zero-order valence-corrected chi connectivity index (χ0v) is 9.35. The number of anilines is 1. The van der Waals surface area contributed by atoms with Gasteiger partial charge in [0.15, 0.2) is 0 Å². The lowest BCUT2D eigenvalue weighted by atomic mass is 10.3. The van der Waals surface area contributed by atoms with Crippen LogP contribution < -0.4 is 4.90 Å². The summed E-state index contributed by atoms with van der Waals surface area (Å²) >= 11 is 0. The summed E-state index contributed by atoms with van der Waals surface area (Å²) in [6.45, 7) is 3.38. The van der Waals surface area contributed by atoms with E-state index in [4.69, 9.17) is 5.11 Å². The SMILES string of the molecule is CC1CC1CN(C)c1cccc(CO)n1. The van der Waals surface area contributed by atoms with E-state index < -0.39 is 0 Å². The summed E-state index contributed by atoms with van der Waals surface area (Å²) in [5, 5.41) is 9.00. The van der Waals surface area contributed by atoms with Crippen LogP contribution in [0.1, 0.15) is 19.0 Å². The number of aliphatic hydroxyl groups excluding tert-OH is 1. The largest absolute Gasteiger partial charge is 0.390 e. The molecular weight excluding hydrogens is 188 g/mol. The van der Waals surface area contributed by atoms with Crippen LogP contribution in [0, 0.1) is 11.8 Å². The molecule has 1 aliphatic rings. The fourth-order valence-corrected chi connectivity index (χ4v) is 1.87. The standard InChI is InChI=1S/C12H18N2O/c1-9-6-10(9)7-14(2)12-5-3-4-11(8-15)13-12/h3-5,9-10,15H,6-8H2,1-2H3. The van der Waals surface area contributed by atoms with Crippen molar-refractivity contribution in [2.45, 2.75) is 20.0 Å². The molecule has 1 N–H and O–H groups in total. The molecule has 0 aromatic carbocycles. The maximum absolute atomic E-state index is 9.00. The highest BCUT2D eigenvalue weighted by Crippen LogP contribution is 2.38. The number of aromatic nitrogens is 1. The van der Waals surface area contributed by atoms with Gasteiger partial charge in [0.2, 0.25) is 0 Å². The molecule has 0 radical (unpaired) electrons. The fourth-order valence-electron chi connectivity index (χ4n) is 1.87. The number of hydrogen-bond acceptors (Lipinski definition) is 3. The van der Waals surface area contributed by atoms with Crippen LogP contribution >= 0.6 is 0 Å². The van der Waals surface area contributed by atoms with Crippen LogP contribution in [-0.2, 0) is 6.61 Å². The van der Waals surface area contributed by atoms with Crippen LogP contribution in [0.25, 0.3) is 0 Å². The molecule has 1 fully saturated rings. The molecule has 1 aromatic rings. The zero-order valence-electron chi connectivity index (χ0n) is 9.35. The predicted octanol–water partition coefficient (Wildman–Crippen LogP) is 1.67. The van der Waals surface area contributed by atoms with Crippen molar-refractivity contribution in [1.29, 1.82) is 0 Å². The Morgan fingerprint density at radius 2 is 2.27 bits per heavy atom. The molecule has 3 heteroatoms. The summed E-state index contributed by atoms with van der Waals surface area (Å²) in [4.78, 5) is 6.55. The molecule has 0 aliphatic heterocycles. The Balaban J connectivity index is 2.00. The quantitative estimate of drug-likeness (QED) is 0.814. The van der Waals surface area contributed by atoms with E-state index >= 15 is 0 Å². The van der Waals surface area contributed by atoms with E-state index in [1.165, 1.54) is 6.42 Å². The van der Waals surface area contributed by atoms with Crippen molar-refractivity contribution in [3.63, 3.8) is 0 Å². The van der Waals surface area contributed by atoms with Gasteiger partial charge in [0.05, 0.1) is 12.3 Å². The van der Waals surface area contributed by atoms with Crippen LogP contribution in [0.15, 0.2) is 18.2 Å². The van der Waals surface area contributed by atoms with Gasteiger partial charge >= 0.3 is 0 Å². The van der Waals surface area contributed by atoms with Gasteiger partial charge in [-0.15, -0.1) is 0 Å². The van der Waals surface area contributed by atoms with Gasteiger partial charge in [-0.3, -0.25) is 0 Å². The van der Waals surface area contributed by atoms with Crippen LogP contribution in [0.4, 0.5) is 5.82 Å². The first-order valence-corrected chi connectivity index (χ1v) is 5.48. The number of pyridine rings is 1. The Labute approximate surface area is 90.8 Å². The molecule has 1 aliphatic carbocycles. The Morgan fingerprint density at radius 1 is 1.53 bits per heavy atom. The summed E-state index contributed by atoms with van der Waals surface area (Å²) in [5.74, 6) is 2.66. The lowest BCUT2D eigenvalue weighted by Gasteiger charge is -2.18. The van der Waals surface area contributed by atoms with Gasteiger partial charge in [0.1, 0.15) is 5.82 Å². The summed E-state index contributed by atoms with van der Waals surface area (Å²) < 4.78 is 0. The van der Waals surface area contributed by atoms with Gasteiger partial charge in [-0.1, -0.05) is 13.0 Å². The minimum Gasteiger partial charge on any atom is -0.390 e. The summed E-state index contributed by atoms with van der Waals surface area (Å²) in [7, 11) is 2.06. The summed E-state index contributed by atoms with van der Waals surface area (Å²) in [6.07, 6.45) is 1.34. The van der Waals surface area contributed by atoms with Gasteiger partial charge in [0, 0.05) is 13.6 Å². The first-order valence-electron chi connectivity index (χ1n) is 5.48. The molecule has 0 saturated heterocycles. The predicted molar refractivity (Wildman–Crippen MR) is 60.7 cm³/mol. The second-order valence-corrected chi connectivity index (χ2v) is 4.50. The Bertz CT molecular complexity index is 340. The third kappa shape index (κ3) is 2.48. The van der Waals surface area contributed by atoms with Gasteiger partial charge < -0.3 is 10.0 Å². The molecule has 2 rings (SSSR count). The number of rotatable bonds is 4. The van der Waals surface area contributed by atoms with Crippen molar-refractivity contribution < 1.29 is 5.11 Å². The maximum Gasteiger partial charge on any atom is 0.128 e. The van der Waals surface area contributed by atoms with E-state index in [0.717, 1.165) is 29.9 Å². The van der Waals surface area contributed by atoms with E-state index in [0.29, 0.717) is 0 Å². The zero-order chi connectivity index (χ0) is 10.8. The van der Waals surface area contributed by atoms with Crippen molar-refractivity contribution in [3.8, 4) is 0 Å². The summed E-state index contributed by atoms with van der Waals surface area (Å²) in [6, 6.07) is 5.78. The second kappa shape index (κ2) is 4.19. The van der Waals surface area contributed by atoms with Crippen LogP contribution in [0.3, 0.4) is 0 Å². The highest BCUT2D eigenvalue weighted by atomic mass is 16.3. The number of hydrogen-bond donors (Lipinski definition) is 1. The highest BCUT2D eigenvalue weighted by Gasteiger charge is 2.33. The lowest BCUT2D eigenvalue weighted by Crippen LogP contribution is -2.21. The second-order valence-electron chi connectivity index (χ2n) is 4.50. The molecule has 0 bridgehead atoms. The van der Waals surface area contributed by atoms with Crippen LogP contribution in [0.2, 0.25) is 0 Å². The average Bonchev–Trinajstić information content (AvgIpc) is 2.94. The topological polar surface area (TPSA) is 36.4 Å². The van der Waals surface area contributed by atoms with E-state index in [-0.39, 0.29) is 6.61 Å². The normalized spacial score (nSPS) is 23.9. The van der Waals surface area contributed by atoms with E-state index in [2.05, 4.69) is 23.9 Å². The molecule has 2 atom stereocenters. The first-order chi connectivity index (χ1) is 7.20. The van der Waals surface area contributed by atoms with E-state index in [1.54, 1.807) is 0 Å².